The Labute approximate surface area is 223 Å². The summed E-state index contributed by atoms with van der Waals surface area (Å²) < 4.78 is 80.8. The average Bonchev–Trinajstić information content (AvgIpc) is 2.87. The quantitative estimate of drug-likeness (QED) is 0.177. The van der Waals surface area contributed by atoms with Crippen LogP contribution >= 0.6 is 11.6 Å². The largest absolute Gasteiger partial charge is 0.417 e. The van der Waals surface area contributed by atoms with Crippen LogP contribution in [0.3, 0.4) is 0 Å². The van der Waals surface area contributed by atoms with Gasteiger partial charge in [-0.2, -0.15) is 26.3 Å². The number of fused-ring (bicyclic) bond motifs is 2. The van der Waals surface area contributed by atoms with E-state index in [4.69, 9.17) is 16.6 Å². The number of para-hydroxylation sites is 2. The van der Waals surface area contributed by atoms with Crippen molar-refractivity contribution < 1.29 is 26.3 Å². The van der Waals surface area contributed by atoms with Crippen molar-refractivity contribution >= 4 is 34.0 Å². The molecule has 0 saturated heterocycles. The predicted octanol–water partition coefficient (Wildman–Crippen LogP) is 8.49. The molecule has 0 saturated carbocycles. The highest BCUT2D eigenvalue weighted by atomic mass is 35.5. The Hall–Kier alpha value is -4.05. The number of nitrogens with one attached hydrogen (secondary N) is 1. The van der Waals surface area contributed by atoms with Gasteiger partial charge in [-0.15, -0.1) is 0 Å². The van der Waals surface area contributed by atoms with Crippen molar-refractivity contribution in [2.75, 3.05) is 11.9 Å². The van der Waals surface area contributed by atoms with Crippen LogP contribution in [0, 0.1) is 0 Å². The molecule has 0 radical (unpaired) electrons. The van der Waals surface area contributed by atoms with E-state index >= 15 is 0 Å². The molecule has 0 fully saturated rings. The van der Waals surface area contributed by atoms with Crippen molar-refractivity contribution in [2.24, 2.45) is 4.99 Å². The zero-order valence-corrected chi connectivity index (χ0v) is 21.0. The molecular weight excluding hydrogens is 542 g/mol. The van der Waals surface area contributed by atoms with Crippen LogP contribution < -0.4 is 10.7 Å². The third-order valence-electron chi connectivity index (χ3n) is 6.03. The van der Waals surface area contributed by atoms with E-state index in [1.807, 2.05) is 6.92 Å². The summed E-state index contributed by atoms with van der Waals surface area (Å²) in [7, 11) is 0. The maximum Gasteiger partial charge on any atom is 0.417 e. The Morgan fingerprint density at radius 1 is 0.872 bits per heavy atom. The normalized spacial score (nSPS) is 12.9. The number of aromatic nitrogens is 2. The van der Waals surface area contributed by atoms with Gasteiger partial charge in [-0.3, -0.25) is 4.99 Å². The number of alkyl halides is 6. The molecule has 0 bridgehead atoms. The molecule has 1 aliphatic carbocycles. The third kappa shape index (κ3) is 5.29. The summed E-state index contributed by atoms with van der Waals surface area (Å²) >= 11 is 6.05. The Kier molecular flexibility index (Phi) is 6.76. The van der Waals surface area contributed by atoms with Gasteiger partial charge in [0.05, 0.1) is 49.6 Å². The number of nitrogens with zero attached hydrogens (tertiary/aromatic N) is 3. The molecule has 200 valence electrons. The van der Waals surface area contributed by atoms with Gasteiger partial charge in [-0.05, 0) is 73.7 Å². The molecule has 3 aromatic carbocycles. The fourth-order valence-electron chi connectivity index (χ4n) is 4.29. The second-order valence-corrected chi connectivity index (χ2v) is 9.04. The van der Waals surface area contributed by atoms with E-state index < -0.39 is 28.5 Å². The highest BCUT2D eigenvalue weighted by Gasteiger charge is 2.33. The van der Waals surface area contributed by atoms with Gasteiger partial charge in [0.25, 0.3) is 0 Å². The van der Waals surface area contributed by atoms with E-state index in [-0.39, 0.29) is 0 Å². The van der Waals surface area contributed by atoms with E-state index in [9.17, 15) is 26.3 Å². The summed E-state index contributed by atoms with van der Waals surface area (Å²) in [4.78, 5) is 9.26. The smallest absolute Gasteiger partial charge is 0.354 e. The first kappa shape index (κ1) is 26.6. The zero-order valence-electron chi connectivity index (χ0n) is 20.2. The minimum Gasteiger partial charge on any atom is -0.354 e. The predicted molar refractivity (Wildman–Crippen MR) is 139 cm³/mol. The second kappa shape index (κ2) is 9.92. The lowest BCUT2D eigenvalue weighted by molar-refractivity contribution is -0.138. The van der Waals surface area contributed by atoms with Crippen molar-refractivity contribution in [1.82, 2.24) is 9.55 Å². The number of hydrogen-bond acceptors (Lipinski definition) is 3. The summed E-state index contributed by atoms with van der Waals surface area (Å²) in [6.45, 7) is 2.23. The van der Waals surface area contributed by atoms with Gasteiger partial charge in [0.15, 0.2) is 0 Å². The Morgan fingerprint density at radius 3 is 2.23 bits per heavy atom. The van der Waals surface area contributed by atoms with Crippen molar-refractivity contribution in [3.63, 3.8) is 0 Å². The molecule has 0 atom stereocenters. The first-order chi connectivity index (χ1) is 18.5. The highest BCUT2D eigenvalue weighted by Crippen LogP contribution is 2.37. The molecule has 0 spiro atoms. The molecule has 0 amide bonds. The second-order valence-electron chi connectivity index (χ2n) is 8.63. The minimum absolute atomic E-state index is 0.391. The summed E-state index contributed by atoms with van der Waals surface area (Å²) in [5.74, 6) is 0. The molecule has 1 aliphatic heterocycles. The van der Waals surface area contributed by atoms with Gasteiger partial charge in [-0.25, -0.2) is 4.98 Å². The van der Waals surface area contributed by atoms with Gasteiger partial charge in [0, 0.05) is 17.9 Å². The summed E-state index contributed by atoms with van der Waals surface area (Å²) in [6.07, 6.45) is -9.06. The number of halogens is 7. The number of benzene rings is 4. The summed E-state index contributed by atoms with van der Waals surface area (Å²) in [6, 6.07) is 18.7. The van der Waals surface area contributed by atoms with Crippen LogP contribution in [0.2, 0.25) is 5.02 Å². The monoisotopic (exact) mass is 560 g/mol. The maximum atomic E-state index is 13.4. The fraction of sp³-hybridized carbons (Fsp3) is 0.143. The Bertz CT molecular complexity index is 1710. The Balaban J connectivity index is 1.71. The van der Waals surface area contributed by atoms with E-state index in [1.165, 1.54) is 24.3 Å². The average molecular weight is 561 g/mol. The lowest BCUT2D eigenvalue weighted by Gasteiger charge is -2.21. The SMILES string of the molecule is CCN=c1cc2n(-c3ccc(C(F)(F)F)c(Cl)c3)c3ccccc3nc-2cc1Nc1ccc(C(F)(F)F)cc1. The van der Waals surface area contributed by atoms with Gasteiger partial charge in [0.1, 0.15) is 0 Å². The van der Waals surface area contributed by atoms with Crippen LogP contribution in [0.15, 0.2) is 83.9 Å². The van der Waals surface area contributed by atoms with E-state index in [0.717, 1.165) is 18.2 Å². The minimum atomic E-state index is -4.60. The number of rotatable bonds is 4. The molecule has 39 heavy (non-hydrogen) atoms. The molecule has 3 aromatic rings. The van der Waals surface area contributed by atoms with Crippen molar-refractivity contribution in [2.45, 2.75) is 19.3 Å². The van der Waals surface area contributed by atoms with Crippen molar-refractivity contribution in [3.8, 4) is 17.1 Å². The molecular formula is C28H19ClF6N4. The summed E-state index contributed by atoms with van der Waals surface area (Å²) in [5.41, 5.74) is 1.83. The Morgan fingerprint density at radius 2 is 1.59 bits per heavy atom. The molecule has 0 aromatic heterocycles. The molecule has 1 N–H and O–H groups in total. The fourth-order valence-corrected chi connectivity index (χ4v) is 4.57. The first-order valence-electron chi connectivity index (χ1n) is 11.7. The highest BCUT2D eigenvalue weighted by molar-refractivity contribution is 6.31. The lowest BCUT2D eigenvalue weighted by Crippen LogP contribution is -2.15. The van der Waals surface area contributed by atoms with Gasteiger partial charge >= 0.3 is 12.4 Å². The molecule has 4 nitrogen and oxygen atoms in total. The summed E-state index contributed by atoms with van der Waals surface area (Å²) in [5, 5.41) is 3.16. The van der Waals surface area contributed by atoms with Crippen LogP contribution in [-0.4, -0.2) is 16.1 Å². The molecule has 5 rings (SSSR count). The number of anilines is 2. The first-order valence-corrected chi connectivity index (χ1v) is 12.1. The molecule has 11 heteroatoms. The topological polar surface area (TPSA) is 42.2 Å². The molecule has 2 aliphatic rings. The molecule has 0 unspecified atom stereocenters. The van der Waals surface area contributed by atoms with Crippen molar-refractivity contribution in [3.05, 3.63) is 100 Å². The standard InChI is InChI=1S/C28H19ClF6N4/c1-2-36-22-15-26-24(14-23(22)37-17-9-7-16(8-10-17)27(30,31)32)38-21-5-3-4-6-25(21)39(26)18-11-12-19(20(29)13-18)28(33,34)35/h3-15,37H,2H2,1H3. The maximum absolute atomic E-state index is 13.4. The van der Waals surface area contributed by atoms with Crippen LogP contribution in [-0.2, 0) is 12.4 Å². The van der Waals surface area contributed by atoms with E-state index in [1.54, 1.807) is 41.0 Å². The molecule has 1 heterocycles. The van der Waals surface area contributed by atoms with Crippen LogP contribution in [0.25, 0.3) is 28.1 Å². The number of hydrogen-bond donors (Lipinski definition) is 1. The van der Waals surface area contributed by atoms with Crippen molar-refractivity contribution in [1.29, 1.82) is 0 Å². The van der Waals surface area contributed by atoms with E-state index in [2.05, 4.69) is 10.3 Å². The van der Waals surface area contributed by atoms with Crippen LogP contribution in [0.5, 0.6) is 0 Å². The van der Waals surface area contributed by atoms with Crippen LogP contribution in [0.4, 0.5) is 37.7 Å². The van der Waals surface area contributed by atoms with E-state index in [0.29, 0.717) is 51.4 Å². The van der Waals surface area contributed by atoms with Gasteiger partial charge < -0.3 is 9.88 Å². The van der Waals surface area contributed by atoms with Gasteiger partial charge in [-0.1, -0.05) is 23.7 Å². The van der Waals surface area contributed by atoms with Crippen LogP contribution in [0.1, 0.15) is 18.1 Å². The third-order valence-corrected chi connectivity index (χ3v) is 6.35. The lowest BCUT2D eigenvalue weighted by atomic mass is 10.1. The van der Waals surface area contributed by atoms with Gasteiger partial charge in [0.2, 0.25) is 0 Å². The zero-order chi connectivity index (χ0) is 27.9.